The topological polar surface area (TPSA) is 77.6 Å². The fourth-order valence-corrected chi connectivity index (χ4v) is 3.38. The van der Waals surface area contributed by atoms with Gasteiger partial charge in [-0.25, -0.2) is 9.37 Å². The van der Waals surface area contributed by atoms with Gasteiger partial charge in [-0.1, -0.05) is 22.0 Å². The molecule has 0 radical (unpaired) electrons. The number of aliphatic hydroxyl groups excluding tert-OH is 1. The molecule has 0 aliphatic rings. The first-order valence-electron chi connectivity index (χ1n) is 7.98. The van der Waals surface area contributed by atoms with E-state index >= 15 is 0 Å². The van der Waals surface area contributed by atoms with Crippen LogP contribution in [0.25, 0.3) is 33.8 Å². The van der Waals surface area contributed by atoms with Crippen LogP contribution in [0.1, 0.15) is 11.1 Å². The third-order valence-electron chi connectivity index (χ3n) is 4.20. The normalized spacial score (nSPS) is 12.1. The van der Waals surface area contributed by atoms with E-state index in [4.69, 9.17) is 5.11 Å². The number of rotatable bonds is 3. The lowest BCUT2D eigenvalue weighted by molar-refractivity contribution is -0.138. The van der Waals surface area contributed by atoms with Crippen LogP contribution in [0.5, 0.6) is 0 Å². The predicted octanol–water partition coefficient (Wildman–Crippen LogP) is 5.03. The van der Waals surface area contributed by atoms with E-state index in [2.05, 4.69) is 36.1 Å². The van der Waals surface area contributed by atoms with Gasteiger partial charge >= 0.3 is 6.18 Å². The first kappa shape index (κ1) is 18.6. The average molecular weight is 455 g/mol. The molecule has 2 heterocycles. The van der Waals surface area contributed by atoms with Crippen molar-refractivity contribution in [3.05, 3.63) is 57.8 Å². The van der Waals surface area contributed by atoms with Crippen molar-refractivity contribution in [3.63, 3.8) is 0 Å². The van der Waals surface area contributed by atoms with Gasteiger partial charge in [0, 0.05) is 10.0 Å². The lowest BCUT2D eigenvalue weighted by Gasteiger charge is -2.08. The number of aromatic amines is 2. The number of aromatic nitrogens is 4. The number of H-pyrrole nitrogens is 2. The van der Waals surface area contributed by atoms with E-state index in [1.807, 2.05) is 0 Å². The molecule has 0 fully saturated rings. The van der Waals surface area contributed by atoms with E-state index in [1.165, 1.54) is 24.3 Å². The number of hydrogen-bond donors (Lipinski definition) is 3. The highest BCUT2D eigenvalue weighted by atomic mass is 79.9. The summed E-state index contributed by atoms with van der Waals surface area (Å²) in [4.78, 5) is 7.09. The Bertz CT molecular complexity index is 1180. The SMILES string of the molecule is OCc1ccc(-c2cc(-c3nc4cc(Br)c(C(F)(F)F)cc4[nH]3)[nH]n2)c(F)c1. The highest BCUT2D eigenvalue weighted by Gasteiger charge is 2.33. The van der Waals surface area contributed by atoms with Crippen LogP contribution in [0.4, 0.5) is 17.6 Å². The molecule has 0 atom stereocenters. The Kier molecular flexibility index (Phi) is 4.47. The van der Waals surface area contributed by atoms with Crippen LogP contribution in [0.2, 0.25) is 0 Å². The van der Waals surface area contributed by atoms with Crippen molar-refractivity contribution in [2.75, 3.05) is 0 Å². The Morgan fingerprint density at radius 2 is 1.89 bits per heavy atom. The van der Waals surface area contributed by atoms with Gasteiger partial charge in [-0.2, -0.15) is 18.3 Å². The zero-order chi connectivity index (χ0) is 20.1. The highest BCUT2D eigenvalue weighted by Crippen LogP contribution is 2.37. The molecule has 28 heavy (non-hydrogen) atoms. The predicted molar refractivity (Wildman–Crippen MR) is 97.7 cm³/mol. The second-order valence-electron chi connectivity index (χ2n) is 6.07. The first-order valence-corrected chi connectivity index (χ1v) is 8.77. The summed E-state index contributed by atoms with van der Waals surface area (Å²) >= 11 is 2.92. The summed E-state index contributed by atoms with van der Waals surface area (Å²) < 4.78 is 53.3. The van der Waals surface area contributed by atoms with Crippen LogP contribution in [0, 0.1) is 5.82 Å². The largest absolute Gasteiger partial charge is 0.417 e. The molecular formula is C18H11BrF4N4O. The summed E-state index contributed by atoms with van der Waals surface area (Å²) in [5, 5.41) is 15.8. The van der Waals surface area contributed by atoms with Gasteiger partial charge in [0.1, 0.15) is 11.5 Å². The number of hydrogen-bond acceptors (Lipinski definition) is 3. The third kappa shape index (κ3) is 3.29. The van der Waals surface area contributed by atoms with E-state index in [1.54, 1.807) is 6.07 Å². The average Bonchev–Trinajstić information content (AvgIpc) is 3.26. The molecule has 0 aliphatic carbocycles. The Labute approximate surface area is 163 Å². The minimum atomic E-state index is -4.50. The smallest absolute Gasteiger partial charge is 0.392 e. The number of alkyl halides is 3. The lowest BCUT2D eigenvalue weighted by Crippen LogP contribution is -2.05. The zero-order valence-electron chi connectivity index (χ0n) is 13.9. The maximum atomic E-state index is 14.2. The van der Waals surface area contributed by atoms with E-state index < -0.39 is 17.6 Å². The summed E-state index contributed by atoms with van der Waals surface area (Å²) in [5.74, 6) is -0.277. The molecule has 144 valence electrons. The molecule has 5 nitrogen and oxygen atoms in total. The second kappa shape index (κ2) is 6.71. The van der Waals surface area contributed by atoms with Crippen molar-refractivity contribution < 1.29 is 22.7 Å². The number of imidazole rings is 1. The van der Waals surface area contributed by atoms with Gasteiger partial charge in [0.15, 0.2) is 5.82 Å². The quantitative estimate of drug-likeness (QED) is 0.379. The Morgan fingerprint density at radius 3 is 2.57 bits per heavy atom. The van der Waals surface area contributed by atoms with Crippen molar-refractivity contribution in [2.24, 2.45) is 0 Å². The van der Waals surface area contributed by atoms with Crippen LogP contribution in [0.15, 0.2) is 40.9 Å². The number of benzene rings is 2. The van der Waals surface area contributed by atoms with Crippen molar-refractivity contribution in [1.29, 1.82) is 0 Å². The van der Waals surface area contributed by atoms with Gasteiger partial charge in [-0.05, 0) is 35.9 Å². The van der Waals surface area contributed by atoms with E-state index in [0.717, 1.165) is 6.07 Å². The molecule has 2 aromatic heterocycles. The minimum Gasteiger partial charge on any atom is -0.392 e. The van der Waals surface area contributed by atoms with Gasteiger partial charge in [0.05, 0.1) is 28.9 Å². The summed E-state index contributed by atoms with van der Waals surface area (Å²) in [6, 6.07) is 8.06. The van der Waals surface area contributed by atoms with Crippen LogP contribution in [-0.4, -0.2) is 25.3 Å². The monoisotopic (exact) mass is 454 g/mol. The van der Waals surface area contributed by atoms with Crippen molar-refractivity contribution >= 4 is 27.0 Å². The molecule has 0 unspecified atom stereocenters. The second-order valence-corrected chi connectivity index (χ2v) is 6.93. The number of halogens is 5. The molecule has 3 N–H and O–H groups in total. The molecule has 4 aromatic rings. The fourth-order valence-electron chi connectivity index (χ4n) is 2.82. The molecular weight excluding hydrogens is 444 g/mol. The molecule has 0 saturated carbocycles. The number of fused-ring (bicyclic) bond motifs is 1. The summed E-state index contributed by atoms with van der Waals surface area (Å²) in [7, 11) is 0. The van der Waals surface area contributed by atoms with Crippen LogP contribution < -0.4 is 0 Å². The number of nitrogens with zero attached hydrogens (tertiary/aromatic N) is 2. The van der Waals surface area contributed by atoms with E-state index in [0.29, 0.717) is 22.5 Å². The zero-order valence-corrected chi connectivity index (χ0v) is 15.5. The van der Waals surface area contributed by atoms with Gasteiger partial charge in [0.25, 0.3) is 0 Å². The fraction of sp³-hybridized carbons (Fsp3) is 0.111. The maximum Gasteiger partial charge on any atom is 0.417 e. The Hall–Kier alpha value is -2.72. The molecule has 0 aliphatic heterocycles. The van der Waals surface area contributed by atoms with E-state index in [9.17, 15) is 17.6 Å². The Morgan fingerprint density at radius 1 is 1.11 bits per heavy atom. The van der Waals surface area contributed by atoms with Crippen molar-refractivity contribution in [1.82, 2.24) is 20.2 Å². The standard InChI is InChI=1S/C18H11BrF4N4O/c19-11-5-15-14(4-10(11)18(21,22)23)24-17(25-15)16-6-13(26-27-16)9-2-1-8(7-28)3-12(9)20/h1-6,28H,7H2,(H,24,25)(H,26,27). The van der Waals surface area contributed by atoms with Gasteiger partial charge < -0.3 is 10.1 Å². The minimum absolute atomic E-state index is 0.109. The highest BCUT2D eigenvalue weighted by molar-refractivity contribution is 9.10. The summed E-state index contributed by atoms with van der Waals surface area (Å²) in [6.07, 6.45) is -4.50. The Balaban J connectivity index is 1.73. The number of aliphatic hydroxyl groups is 1. The van der Waals surface area contributed by atoms with Crippen molar-refractivity contribution in [3.8, 4) is 22.8 Å². The van der Waals surface area contributed by atoms with E-state index in [-0.39, 0.29) is 28.0 Å². The maximum absolute atomic E-state index is 14.2. The molecule has 0 spiro atoms. The molecule has 10 heteroatoms. The molecule has 0 amide bonds. The van der Waals surface area contributed by atoms with Gasteiger partial charge in [0.2, 0.25) is 0 Å². The van der Waals surface area contributed by atoms with Gasteiger partial charge in [-0.3, -0.25) is 5.10 Å². The van der Waals surface area contributed by atoms with Crippen LogP contribution in [-0.2, 0) is 12.8 Å². The molecule has 4 rings (SSSR count). The summed E-state index contributed by atoms with van der Waals surface area (Å²) in [6.45, 7) is -0.280. The molecule has 0 saturated heterocycles. The third-order valence-corrected chi connectivity index (χ3v) is 4.86. The molecule has 0 bridgehead atoms. The number of nitrogens with one attached hydrogen (secondary N) is 2. The molecule has 2 aromatic carbocycles. The first-order chi connectivity index (χ1) is 13.3. The van der Waals surface area contributed by atoms with Crippen LogP contribution >= 0.6 is 15.9 Å². The van der Waals surface area contributed by atoms with Gasteiger partial charge in [-0.15, -0.1) is 0 Å². The lowest BCUT2D eigenvalue weighted by atomic mass is 10.1. The summed E-state index contributed by atoms with van der Waals surface area (Å²) in [5.41, 5.74) is 1.07. The van der Waals surface area contributed by atoms with Crippen LogP contribution in [0.3, 0.4) is 0 Å². The van der Waals surface area contributed by atoms with Crippen molar-refractivity contribution in [2.45, 2.75) is 12.8 Å².